The SMILES string of the molecule is CC(C)(C)c1c(-c2cccc(N(c3ccc(-c4ccc(-c5ccccc5)cc4)cc3)c3ccc4ccccc4c3)c2)oc2ccccc12. The zero-order valence-electron chi connectivity index (χ0n) is 27.5. The number of anilines is 3. The lowest BCUT2D eigenvalue weighted by Crippen LogP contribution is -2.12. The molecule has 48 heavy (non-hydrogen) atoms. The highest BCUT2D eigenvalue weighted by Gasteiger charge is 2.26. The van der Waals surface area contributed by atoms with Crippen LogP contribution in [0, 0.1) is 0 Å². The Morgan fingerprint density at radius 3 is 1.67 bits per heavy atom. The standard InChI is InChI=1S/C46H37NO/c1-46(2,3)44-42-18-9-10-19-43(42)48-45(44)38-16-11-17-40(31-38)47(41-29-26-33-14-7-8-15-37(33)30-41)39-27-24-36(25-28-39)35-22-20-34(21-23-35)32-12-5-4-6-13-32/h4-31H,1-3H3. The predicted molar refractivity (Wildman–Crippen MR) is 203 cm³/mol. The Bertz CT molecular complexity index is 2360. The Morgan fingerprint density at radius 1 is 0.417 bits per heavy atom. The highest BCUT2D eigenvalue weighted by molar-refractivity contribution is 5.92. The van der Waals surface area contributed by atoms with Crippen LogP contribution in [0.5, 0.6) is 0 Å². The Balaban J connectivity index is 1.22. The van der Waals surface area contributed by atoms with Gasteiger partial charge in [0.25, 0.3) is 0 Å². The molecule has 232 valence electrons. The molecule has 0 amide bonds. The van der Waals surface area contributed by atoms with Crippen molar-refractivity contribution in [2.45, 2.75) is 26.2 Å². The molecule has 0 saturated carbocycles. The highest BCUT2D eigenvalue weighted by Crippen LogP contribution is 2.43. The van der Waals surface area contributed by atoms with Gasteiger partial charge in [-0.25, -0.2) is 0 Å². The molecular formula is C46H37NO. The first kappa shape index (κ1) is 29.5. The molecule has 1 heterocycles. The molecule has 0 unspecified atom stereocenters. The van der Waals surface area contributed by atoms with Crippen molar-refractivity contribution in [3.05, 3.63) is 175 Å². The second-order valence-electron chi connectivity index (χ2n) is 13.5. The number of hydrogen-bond donors (Lipinski definition) is 0. The molecule has 0 aliphatic rings. The average Bonchev–Trinajstić information content (AvgIpc) is 3.54. The summed E-state index contributed by atoms with van der Waals surface area (Å²) in [6.07, 6.45) is 0. The van der Waals surface area contributed by atoms with E-state index < -0.39 is 0 Å². The third-order valence-corrected chi connectivity index (χ3v) is 9.15. The fourth-order valence-electron chi connectivity index (χ4n) is 6.83. The number of rotatable bonds is 6. The summed E-state index contributed by atoms with van der Waals surface area (Å²) in [5.74, 6) is 0.929. The maximum atomic E-state index is 6.60. The summed E-state index contributed by atoms with van der Waals surface area (Å²) in [5.41, 5.74) is 11.2. The summed E-state index contributed by atoms with van der Waals surface area (Å²) in [4.78, 5) is 2.34. The van der Waals surface area contributed by atoms with Gasteiger partial charge in [0.2, 0.25) is 0 Å². The Morgan fingerprint density at radius 2 is 0.958 bits per heavy atom. The van der Waals surface area contributed by atoms with Crippen LogP contribution in [0.15, 0.2) is 174 Å². The normalized spacial score (nSPS) is 11.6. The van der Waals surface area contributed by atoms with Crippen molar-refractivity contribution >= 4 is 38.8 Å². The maximum absolute atomic E-state index is 6.60. The first-order chi connectivity index (χ1) is 23.4. The van der Waals surface area contributed by atoms with Gasteiger partial charge in [0.15, 0.2) is 0 Å². The van der Waals surface area contributed by atoms with Gasteiger partial charge >= 0.3 is 0 Å². The van der Waals surface area contributed by atoms with E-state index in [2.05, 4.69) is 189 Å². The summed E-state index contributed by atoms with van der Waals surface area (Å²) >= 11 is 0. The van der Waals surface area contributed by atoms with Crippen LogP contribution in [0.25, 0.3) is 55.3 Å². The van der Waals surface area contributed by atoms with Crippen LogP contribution < -0.4 is 4.90 Å². The molecule has 0 radical (unpaired) electrons. The van der Waals surface area contributed by atoms with Crippen LogP contribution in [-0.2, 0) is 5.41 Å². The first-order valence-corrected chi connectivity index (χ1v) is 16.6. The lowest BCUT2D eigenvalue weighted by Gasteiger charge is -2.27. The molecule has 8 rings (SSSR count). The lowest BCUT2D eigenvalue weighted by atomic mass is 9.83. The first-order valence-electron chi connectivity index (χ1n) is 16.6. The van der Waals surface area contributed by atoms with Gasteiger partial charge in [-0.3, -0.25) is 0 Å². The fourth-order valence-corrected chi connectivity index (χ4v) is 6.83. The maximum Gasteiger partial charge on any atom is 0.139 e. The largest absolute Gasteiger partial charge is 0.456 e. The molecule has 2 heteroatoms. The van der Waals surface area contributed by atoms with Crippen LogP contribution >= 0.6 is 0 Å². The molecular weight excluding hydrogens is 583 g/mol. The molecule has 1 aromatic heterocycles. The van der Waals surface area contributed by atoms with Crippen molar-refractivity contribution in [3.63, 3.8) is 0 Å². The molecule has 8 aromatic rings. The smallest absolute Gasteiger partial charge is 0.139 e. The Kier molecular flexibility index (Phi) is 7.42. The number of hydrogen-bond acceptors (Lipinski definition) is 2. The molecule has 0 N–H and O–H groups in total. The quantitative estimate of drug-likeness (QED) is 0.184. The molecule has 7 aromatic carbocycles. The van der Waals surface area contributed by atoms with Crippen molar-refractivity contribution in [3.8, 4) is 33.6 Å². The summed E-state index contributed by atoms with van der Waals surface area (Å²) < 4.78 is 6.60. The van der Waals surface area contributed by atoms with E-state index in [-0.39, 0.29) is 5.41 Å². The Hall–Kier alpha value is -5.86. The third kappa shape index (κ3) is 5.56. The van der Waals surface area contributed by atoms with E-state index in [1.54, 1.807) is 0 Å². The second kappa shape index (κ2) is 12.1. The number of furan rings is 1. The molecule has 0 bridgehead atoms. The molecule has 2 nitrogen and oxygen atoms in total. The minimum absolute atomic E-state index is 0.0922. The monoisotopic (exact) mass is 619 g/mol. The fraction of sp³-hybridized carbons (Fsp3) is 0.0870. The van der Waals surface area contributed by atoms with Crippen molar-refractivity contribution in [2.24, 2.45) is 0 Å². The predicted octanol–water partition coefficient (Wildman–Crippen LogP) is 13.4. The van der Waals surface area contributed by atoms with E-state index in [4.69, 9.17) is 4.42 Å². The number of fused-ring (bicyclic) bond motifs is 2. The van der Waals surface area contributed by atoms with Crippen LogP contribution in [0.4, 0.5) is 17.1 Å². The van der Waals surface area contributed by atoms with Crippen molar-refractivity contribution in [2.75, 3.05) is 4.90 Å². The summed E-state index contributed by atoms with van der Waals surface area (Å²) in [5, 5.41) is 3.60. The van der Waals surface area contributed by atoms with E-state index in [0.717, 1.165) is 34.0 Å². The summed E-state index contributed by atoms with van der Waals surface area (Å²) in [6, 6.07) is 60.6. The van der Waals surface area contributed by atoms with Crippen LogP contribution in [0.2, 0.25) is 0 Å². The highest BCUT2D eigenvalue weighted by atomic mass is 16.3. The van der Waals surface area contributed by atoms with E-state index in [1.807, 2.05) is 6.07 Å². The minimum atomic E-state index is -0.0922. The molecule has 0 aliphatic heterocycles. The summed E-state index contributed by atoms with van der Waals surface area (Å²) in [7, 11) is 0. The van der Waals surface area contributed by atoms with Gasteiger partial charge < -0.3 is 9.32 Å². The second-order valence-corrected chi connectivity index (χ2v) is 13.5. The van der Waals surface area contributed by atoms with Gasteiger partial charge in [0.05, 0.1) is 0 Å². The van der Waals surface area contributed by atoms with Gasteiger partial charge in [0.1, 0.15) is 11.3 Å². The molecule has 0 saturated heterocycles. The number of para-hydroxylation sites is 1. The van der Waals surface area contributed by atoms with Gasteiger partial charge in [-0.05, 0) is 80.9 Å². The zero-order valence-corrected chi connectivity index (χ0v) is 27.5. The summed E-state index contributed by atoms with van der Waals surface area (Å²) in [6.45, 7) is 6.78. The van der Waals surface area contributed by atoms with Gasteiger partial charge in [-0.2, -0.15) is 0 Å². The molecule has 0 fully saturated rings. The van der Waals surface area contributed by atoms with E-state index in [1.165, 1.54) is 44.0 Å². The third-order valence-electron chi connectivity index (χ3n) is 9.15. The van der Waals surface area contributed by atoms with Crippen molar-refractivity contribution < 1.29 is 4.42 Å². The van der Waals surface area contributed by atoms with Gasteiger partial charge in [-0.1, -0.05) is 148 Å². The van der Waals surface area contributed by atoms with Crippen LogP contribution in [0.3, 0.4) is 0 Å². The lowest BCUT2D eigenvalue weighted by molar-refractivity contribution is 0.568. The van der Waals surface area contributed by atoms with Gasteiger partial charge in [-0.15, -0.1) is 0 Å². The van der Waals surface area contributed by atoms with Crippen molar-refractivity contribution in [1.29, 1.82) is 0 Å². The topological polar surface area (TPSA) is 16.4 Å². The Labute approximate surface area is 282 Å². The average molecular weight is 620 g/mol. The minimum Gasteiger partial charge on any atom is -0.456 e. The van der Waals surface area contributed by atoms with Gasteiger partial charge in [0, 0.05) is 33.6 Å². The number of benzene rings is 7. The van der Waals surface area contributed by atoms with E-state index in [9.17, 15) is 0 Å². The molecule has 0 spiro atoms. The van der Waals surface area contributed by atoms with E-state index >= 15 is 0 Å². The molecule has 0 atom stereocenters. The van der Waals surface area contributed by atoms with E-state index in [0.29, 0.717) is 0 Å². The van der Waals surface area contributed by atoms with Crippen LogP contribution in [-0.4, -0.2) is 0 Å². The van der Waals surface area contributed by atoms with Crippen LogP contribution in [0.1, 0.15) is 26.3 Å². The number of nitrogens with zero attached hydrogens (tertiary/aromatic N) is 1. The van der Waals surface area contributed by atoms with Crippen molar-refractivity contribution in [1.82, 2.24) is 0 Å². The zero-order chi connectivity index (χ0) is 32.7. The molecule has 0 aliphatic carbocycles.